The topological polar surface area (TPSA) is 46.6 Å². The van der Waals surface area contributed by atoms with E-state index in [-0.39, 0.29) is 0 Å². The van der Waals surface area contributed by atoms with Gasteiger partial charge in [-0.15, -0.1) is 0 Å². The Labute approximate surface area is 120 Å². The normalized spacial score (nSPS) is 20.9. The van der Waals surface area contributed by atoms with Crippen LogP contribution in [-0.2, 0) is 6.42 Å². The molecule has 108 valence electrons. The van der Waals surface area contributed by atoms with E-state index in [1.54, 1.807) is 0 Å². The number of anilines is 1. The van der Waals surface area contributed by atoms with Crippen LogP contribution in [0, 0.1) is 0 Å². The molecule has 2 aromatic heterocycles. The first-order valence-electron chi connectivity index (χ1n) is 7.63. The van der Waals surface area contributed by atoms with Crippen molar-refractivity contribution in [3.05, 3.63) is 30.2 Å². The van der Waals surface area contributed by atoms with Crippen LogP contribution in [0.3, 0.4) is 0 Å². The molecule has 2 N–H and O–H groups in total. The van der Waals surface area contributed by atoms with Crippen LogP contribution in [0.1, 0.15) is 38.8 Å². The lowest BCUT2D eigenvalue weighted by molar-refractivity contribution is 0.111. The van der Waals surface area contributed by atoms with E-state index in [9.17, 15) is 0 Å². The minimum atomic E-state index is 0.613. The molecular formula is C16H24N4. The molecule has 4 heteroatoms. The second-order valence-corrected chi connectivity index (χ2v) is 6.11. The van der Waals surface area contributed by atoms with Crippen LogP contribution in [0.4, 0.5) is 5.69 Å². The van der Waals surface area contributed by atoms with Crippen LogP contribution >= 0.6 is 0 Å². The highest BCUT2D eigenvalue weighted by Crippen LogP contribution is 2.23. The van der Waals surface area contributed by atoms with Crippen LogP contribution in [0.25, 0.3) is 5.65 Å². The van der Waals surface area contributed by atoms with E-state index in [0.717, 1.165) is 23.4 Å². The number of hydrogen-bond acceptors (Lipinski definition) is 3. The number of nitrogens with zero attached hydrogens (tertiary/aromatic N) is 3. The number of nitrogens with two attached hydrogens (primary N) is 1. The molecule has 0 spiro atoms. The molecular weight excluding hydrogens is 248 g/mol. The van der Waals surface area contributed by atoms with Gasteiger partial charge in [0, 0.05) is 30.9 Å². The Morgan fingerprint density at radius 3 is 3.00 bits per heavy atom. The Balaban J connectivity index is 1.82. The zero-order valence-corrected chi connectivity index (χ0v) is 12.4. The van der Waals surface area contributed by atoms with Gasteiger partial charge in [-0.25, -0.2) is 4.98 Å². The summed E-state index contributed by atoms with van der Waals surface area (Å²) in [6.07, 6.45) is 9.11. The van der Waals surface area contributed by atoms with Crippen LogP contribution in [0.2, 0.25) is 0 Å². The third-order valence-electron chi connectivity index (χ3n) is 4.34. The molecule has 0 amide bonds. The summed E-state index contributed by atoms with van der Waals surface area (Å²) in [7, 11) is 0. The van der Waals surface area contributed by atoms with E-state index < -0.39 is 0 Å². The molecule has 0 aliphatic carbocycles. The number of fused-ring (bicyclic) bond motifs is 1. The van der Waals surface area contributed by atoms with Gasteiger partial charge in [-0.05, 0) is 45.4 Å². The lowest BCUT2D eigenvalue weighted by Crippen LogP contribution is -2.45. The number of piperidine rings is 1. The smallest absolute Gasteiger partial charge is 0.160 e. The van der Waals surface area contributed by atoms with Crippen molar-refractivity contribution >= 4 is 11.3 Å². The van der Waals surface area contributed by atoms with Crippen molar-refractivity contribution in [2.75, 3.05) is 12.3 Å². The van der Waals surface area contributed by atoms with Gasteiger partial charge in [0.15, 0.2) is 5.65 Å². The standard InChI is InChI=1S/C16H24N4/c1-12(2)20-9-4-3-6-14(20)10-13-11-19-8-5-7-15(17)16(19)18-13/h5,7-8,11-12,14H,3-4,6,9-10,17H2,1-2H3. The van der Waals surface area contributed by atoms with E-state index in [0.29, 0.717) is 12.1 Å². The number of imidazole rings is 1. The molecule has 1 unspecified atom stereocenters. The van der Waals surface area contributed by atoms with Crippen LogP contribution in [0.15, 0.2) is 24.5 Å². The summed E-state index contributed by atoms with van der Waals surface area (Å²) < 4.78 is 2.03. The molecule has 0 radical (unpaired) electrons. The predicted octanol–water partition coefficient (Wildman–Crippen LogP) is 2.72. The van der Waals surface area contributed by atoms with Crippen molar-refractivity contribution in [1.29, 1.82) is 0 Å². The SMILES string of the molecule is CC(C)N1CCCCC1Cc1cn2cccc(N)c2n1. The first-order chi connectivity index (χ1) is 9.65. The van der Waals surface area contributed by atoms with Crippen molar-refractivity contribution in [2.45, 2.75) is 51.6 Å². The number of pyridine rings is 1. The second-order valence-electron chi connectivity index (χ2n) is 6.11. The number of nitrogen functional groups attached to an aromatic ring is 1. The van der Waals surface area contributed by atoms with Crippen LogP contribution in [0.5, 0.6) is 0 Å². The summed E-state index contributed by atoms with van der Waals surface area (Å²) in [4.78, 5) is 7.33. The van der Waals surface area contributed by atoms with Crippen molar-refractivity contribution in [3.63, 3.8) is 0 Å². The first kappa shape index (κ1) is 13.4. The second kappa shape index (κ2) is 5.44. The maximum absolute atomic E-state index is 5.98. The highest BCUT2D eigenvalue weighted by molar-refractivity contribution is 5.64. The molecule has 2 aromatic rings. The third-order valence-corrected chi connectivity index (χ3v) is 4.34. The summed E-state index contributed by atoms with van der Waals surface area (Å²) in [5.41, 5.74) is 8.77. The lowest BCUT2D eigenvalue weighted by atomic mass is 9.97. The Morgan fingerprint density at radius 2 is 2.25 bits per heavy atom. The quantitative estimate of drug-likeness (QED) is 0.934. The largest absolute Gasteiger partial charge is 0.396 e. The van der Waals surface area contributed by atoms with Gasteiger partial charge in [-0.1, -0.05) is 6.42 Å². The predicted molar refractivity (Wildman–Crippen MR) is 82.8 cm³/mol. The average molecular weight is 272 g/mol. The van der Waals surface area contributed by atoms with Crippen LogP contribution in [-0.4, -0.2) is 32.9 Å². The summed E-state index contributed by atoms with van der Waals surface area (Å²) in [5, 5.41) is 0. The highest BCUT2D eigenvalue weighted by Gasteiger charge is 2.25. The van der Waals surface area contributed by atoms with Crippen molar-refractivity contribution < 1.29 is 0 Å². The summed E-state index contributed by atoms with van der Waals surface area (Å²) in [5.74, 6) is 0. The fraction of sp³-hybridized carbons (Fsp3) is 0.562. The van der Waals surface area contributed by atoms with Gasteiger partial charge in [0.1, 0.15) is 0 Å². The number of rotatable bonds is 3. The zero-order valence-electron chi connectivity index (χ0n) is 12.4. The molecule has 3 rings (SSSR count). The fourth-order valence-electron chi connectivity index (χ4n) is 3.35. The van der Waals surface area contributed by atoms with Crippen LogP contribution < -0.4 is 5.73 Å². The highest BCUT2D eigenvalue weighted by atomic mass is 15.2. The van der Waals surface area contributed by atoms with E-state index >= 15 is 0 Å². The van der Waals surface area contributed by atoms with E-state index in [1.807, 2.05) is 22.7 Å². The lowest BCUT2D eigenvalue weighted by Gasteiger charge is -2.38. The van der Waals surface area contributed by atoms with Gasteiger partial charge in [0.25, 0.3) is 0 Å². The van der Waals surface area contributed by atoms with E-state index in [4.69, 9.17) is 10.7 Å². The molecule has 3 heterocycles. The molecule has 1 atom stereocenters. The van der Waals surface area contributed by atoms with E-state index in [1.165, 1.54) is 25.8 Å². The minimum absolute atomic E-state index is 0.613. The maximum Gasteiger partial charge on any atom is 0.160 e. The molecule has 4 nitrogen and oxygen atoms in total. The monoisotopic (exact) mass is 272 g/mol. The Hall–Kier alpha value is -1.55. The number of likely N-dealkylation sites (tertiary alicyclic amines) is 1. The molecule has 0 bridgehead atoms. The summed E-state index contributed by atoms with van der Waals surface area (Å²) >= 11 is 0. The molecule has 1 aliphatic heterocycles. The van der Waals surface area contributed by atoms with Gasteiger partial charge >= 0.3 is 0 Å². The molecule has 1 fully saturated rings. The van der Waals surface area contributed by atoms with Gasteiger partial charge in [0.05, 0.1) is 11.4 Å². The number of hydrogen-bond donors (Lipinski definition) is 1. The Morgan fingerprint density at radius 1 is 1.40 bits per heavy atom. The molecule has 1 aliphatic rings. The summed E-state index contributed by atoms with van der Waals surface area (Å²) in [6.45, 7) is 5.80. The summed E-state index contributed by atoms with van der Waals surface area (Å²) in [6, 6.07) is 5.11. The Kier molecular flexibility index (Phi) is 3.66. The van der Waals surface area contributed by atoms with Crippen molar-refractivity contribution in [3.8, 4) is 0 Å². The third kappa shape index (κ3) is 2.52. The van der Waals surface area contributed by atoms with Gasteiger partial charge in [-0.2, -0.15) is 0 Å². The minimum Gasteiger partial charge on any atom is -0.396 e. The van der Waals surface area contributed by atoms with Crippen molar-refractivity contribution in [1.82, 2.24) is 14.3 Å². The average Bonchev–Trinajstić information content (AvgIpc) is 2.83. The number of aromatic nitrogens is 2. The molecule has 20 heavy (non-hydrogen) atoms. The van der Waals surface area contributed by atoms with Gasteiger partial charge in [0.2, 0.25) is 0 Å². The fourth-order valence-corrected chi connectivity index (χ4v) is 3.35. The molecule has 0 aromatic carbocycles. The maximum atomic E-state index is 5.98. The molecule has 0 saturated carbocycles. The van der Waals surface area contributed by atoms with Crippen molar-refractivity contribution in [2.24, 2.45) is 0 Å². The molecule has 1 saturated heterocycles. The zero-order chi connectivity index (χ0) is 14.1. The van der Waals surface area contributed by atoms with Gasteiger partial charge < -0.3 is 10.1 Å². The van der Waals surface area contributed by atoms with Gasteiger partial charge in [-0.3, -0.25) is 4.90 Å². The van der Waals surface area contributed by atoms with E-state index in [2.05, 4.69) is 24.9 Å². The Bertz CT molecular complexity index is 587. The first-order valence-corrected chi connectivity index (χ1v) is 7.63.